The number of carbonyl (C=O) groups is 1. The number of carbonyl (C=O) groups excluding carboxylic acids is 1. The summed E-state index contributed by atoms with van der Waals surface area (Å²) < 4.78 is 18.1. The minimum absolute atomic E-state index is 0.0514. The van der Waals surface area contributed by atoms with Gasteiger partial charge < -0.3 is 24.4 Å². The third kappa shape index (κ3) is 5.27. The highest BCUT2D eigenvalue weighted by Crippen LogP contribution is 2.37. The highest BCUT2D eigenvalue weighted by molar-refractivity contribution is 7.07. The zero-order valence-corrected chi connectivity index (χ0v) is 23.1. The molecule has 0 saturated heterocycles. The standard InChI is InChI=1S/C27H27N3O9S/c1-6-38-26(34)23-14(4)28-27-29(24(23)15-7-8-20(39-13(2)3)21(10-15)37-5)25(33)22(40-27)11-16-9-17(30(35)36)19(32)12-18(16)31/h7-13,24,31-32H,6H2,1-5H3/b22-11-/t24-/m1/s1. The Bertz CT molecular complexity index is 1720. The number of nitrogens with zero attached hydrogens (tertiary/aromatic N) is 3. The number of hydrogen-bond donors (Lipinski definition) is 2. The largest absolute Gasteiger partial charge is 0.507 e. The Balaban J connectivity index is 1.97. The number of phenolic OH excluding ortho intramolecular Hbond substituents is 2. The van der Waals surface area contributed by atoms with Crippen LogP contribution >= 0.6 is 11.3 Å². The van der Waals surface area contributed by atoms with Crippen LogP contribution in [0.25, 0.3) is 6.08 Å². The third-order valence-corrected chi connectivity index (χ3v) is 6.97. The molecule has 0 bridgehead atoms. The molecule has 0 fully saturated rings. The maximum atomic E-state index is 13.8. The van der Waals surface area contributed by atoms with Crippen LogP contribution in [0.5, 0.6) is 23.0 Å². The van der Waals surface area contributed by atoms with Crippen molar-refractivity contribution in [3.8, 4) is 23.0 Å². The molecule has 4 rings (SSSR count). The molecule has 13 heteroatoms. The maximum absolute atomic E-state index is 13.8. The van der Waals surface area contributed by atoms with E-state index in [1.807, 2.05) is 13.8 Å². The number of rotatable bonds is 8. The zero-order chi connectivity index (χ0) is 29.3. The van der Waals surface area contributed by atoms with E-state index in [-0.39, 0.29) is 33.2 Å². The maximum Gasteiger partial charge on any atom is 0.338 e. The molecular weight excluding hydrogens is 542 g/mol. The summed E-state index contributed by atoms with van der Waals surface area (Å²) in [6, 6.07) is 5.94. The number of thiazole rings is 1. The first-order valence-corrected chi connectivity index (χ1v) is 13.0. The Kier molecular flexibility index (Phi) is 7.96. The van der Waals surface area contributed by atoms with E-state index in [9.17, 15) is 29.9 Å². The molecule has 210 valence electrons. The van der Waals surface area contributed by atoms with Crippen molar-refractivity contribution < 1.29 is 34.1 Å². The van der Waals surface area contributed by atoms with Gasteiger partial charge in [0.05, 0.1) is 46.6 Å². The molecule has 1 aliphatic heterocycles. The molecule has 1 aromatic heterocycles. The van der Waals surface area contributed by atoms with Gasteiger partial charge in [0.2, 0.25) is 0 Å². The number of allylic oxidation sites excluding steroid dienone is 1. The fraction of sp³-hybridized carbons (Fsp3) is 0.296. The highest BCUT2D eigenvalue weighted by Gasteiger charge is 2.34. The average molecular weight is 570 g/mol. The minimum Gasteiger partial charge on any atom is -0.507 e. The average Bonchev–Trinajstić information content (AvgIpc) is 3.18. The summed E-state index contributed by atoms with van der Waals surface area (Å²) >= 11 is 0.977. The summed E-state index contributed by atoms with van der Waals surface area (Å²) in [5.74, 6) is -0.936. The molecule has 0 unspecified atom stereocenters. The molecule has 0 saturated carbocycles. The first kappa shape index (κ1) is 28.4. The smallest absolute Gasteiger partial charge is 0.338 e. The van der Waals surface area contributed by atoms with E-state index in [2.05, 4.69) is 4.99 Å². The Labute approximate surface area is 231 Å². The van der Waals surface area contributed by atoms with Crippen molar-refractivity contribution in [3.63, 3.8) is 0 Å². The molecule has 0 radical (unpaired) electrons. The summed E-state index contributed by atoms with van der Waals surface area (Å²) in [6.45, 7) is 7.16. The number of benzene rings is 2. The van der Waals surface area contributed by atoms with Gasteiger partial charge in [-0.25, -0.2) is 9.79 Å². The lowest BCUT2D eigenvalue weighted by molar-refractivity contribution is -0.385. The number of phenols is 2. The molecule has 0 spiro atoms. The molecule has 40 heavy (non-hydrogen) atoms. The van der Waals surface area contributed by atoms with E-state index >= 15 is 0 Å². The van der Waals surface area contributed by atoms with Gasteiger partial charge in [0.1, 0.15) is 5.75 Å². The predicted molar refractivity (Wildman–Crippen MR) is 146 cm³/mol. The van der Waals surface area contributed by atoms with Crippen LogP contribution in [0, 0.1) is 10.1 Å². The van der Waals surface area contributed by atoms with Gasteiger partial charge in [0.15, 0.2) is 22.0 Å². The van der Waals surface area contributed by atoms with Crippen LogP contribution < -0.4 is 24.4 Å². The molecular formula is C27H27N3O9S. The molecule has 0 amide bonds. The molecule has 2 heterocycles. The molecule has 3 aromatic rings. The van der Waals surface area contributed by atoms with Crippen molar-refractivity contribution >= 4 is 29.1 Å². The third-order valence-electron chi connectivity index (χ3n) is 5.99. The number of aromatic hydroxyl groups is 2. The lowest BCUT2D eigenvalue weighted by Crippen LogP contribution is -2.40. The van der Waals surface area contributed by atoms with E-state index in [4.69, 9.17) is 14.2 Å². The topological polar surface area (TPSA) is 163 Å². The highest BCUT2D eigenvalue weighted by atomic mass is 32.1. The monoisotopic (exact) mass is 569 g/mol. The number of methoxy groups -OCH3 is 1. The van der Waals surface area contributed by atoms with E-state index < -0.39 is 39.7 Å². The second-order valence-corrected chi connectivity index (χ2v) is 10.0. The lowest BCUT2D eigenvalue weighted by Gasteiger charge is -2.25. The van der Waals surface area contributed by atoms with Crippen LogP contribution in [0.3, 0.4) is 0 Å². The first-order valence-electron chi connectivity index (χ1n) is 12.2. The fourth-order valence-corrected chi connectivity index (χ4v) is 5.33. The summed E-state index contributed by atoms with van der Waals surface area (Å²) in [4.78, 5) is 42.1. The van der Waals surface area contributed by atoms with E-state index in [1.54, 1.807) is 32.0 Å². The van der Waals surface area contributed by atoms with Crippen molar-refractivity contribution in [3.05, 3.63) is 82.5 Å². The van der Waals surface area contributed by atoms with Crippen LogP contribution in [-0.4, -0.2) is 45.5 Å². The zero-order valence-electron chi connectivity index (χ0n) is 22.3. The molecule has 1 aliphatic rings. The van der Waals surface area contributed by atoms with Crippen LogP contribution in [-0.2, 0) is 9.53 Å². The summed E-state index contributed by atoms with van der Waals surface area (Å²) in [5.41, 5.74) is -0.208. The van der Waals surface area contributed by atoms with Crippen molar-refractivity contribution in [2.45, 2.75) is 39.8 Å². The normalized spacial score (nSPS) is 15.1. The van der Waals surface area contributed by atoms with Crippen LogP contribution in [0.2, 0.25) is 0 Å². The summed E-state index contributed by atoms with van der Waals surface area (Å²) in [6.07, 6.45) is 1.15. The quantitative estimate of drug-likeness (QED) is 0.236. The van der Waals surface area contributed by atoms with Crippen molar-refractivity contribution in [2.24, 2.45) is 4.99 Å². The van der Waals surface area contributed by atoms with Gasteiger partial charge in [-0.2, -0.15) is 0 Å². The van der Waals surface area contributed by atoms with Gasteiger partial charge in [-0.15, -0.1) is 0 Å². The van der Waals surface area contributed by atoms with Crippen LogP contribution in [0.4, 0.5) is 5.69 Å². The van der Waals surface area contributed by atoms with Gasteiger partial charge in [0, 0.05) is 17.7 Å². The second kappa shape index (κ2) is 11.2. The van der Waals surface area contributed by atoms with Crippen LogP contribution in [0.1, 0.15) is 44.9 Å². The summed E-state index contributed by atoms with van der Waals surface area (Å²) in [7, 11) is 1.48. The predicted octanol–water partition coefficient (Wildman–Crippen LogP) is 2.91. The number of nitro groups is 1. The Morgan fingerprint density at radius 3 is 2.58 bits per heavy atom. The molecule has 1 atom stereocenters. The number of hydrogen-bond acceptors (Lipinski definition) is 11. The first-order chi connectivity index (χ1) is 19.0. The van der Waals surface area contributed by atoms with Gasteiger partial charge in [0.25, 0.3) is 5.56 Å². The SMILES string of the molecule is CCOC(=O)C1=C(C)N=c2s/c(=C\c3cc([N+](=O)[O-])c(O)cc3O)c(=O)n2[C@@H]1c1ccc(OC(C)C)c(OC)c1. The van der Waals surface area contributed by atoms with Crippen molar-refractivity contribution in [1.82, 2.24) is 4.57 Å². The van der Waals surface area contributed by atoms with E-state index in [0.717, 1.165) is 23.5 Å². The Morgan fingerprint density at radius 1 is 1.23 bits per heavy atom. The van der Waals surface area contributed by atoms with E-state index in [0.29, 0.717) is 22.8 Å². The Hall–Kier alpha value is -4.65. The number of nitro benzene ring substituents is 1. The van der Waals surface area contributed by atoms with Gasteiger partial charge >= 0.3 is 11.7 Å². The van der Waals surface area contributed by atoms with Gasteiger partial charge in [-0.05, 0) is 51.5 Å². The van der Waals surface area contributed by atoms with Gasteiger partial charge in [-0.3, -0.25) is 19.5 Å². The Morgan fingerprint density at radius 2 is 1.95 bits per heavy atom. The second-order valence-electron chi connectivity index (χ2n) is 9.04. The minimum atomic E-state index is -0.942. The number of fused-ring (bicyclic) bond motifs is 1. The van der Waals surface area contributed by atoms with Crippen molar-refractivity contribution in [1.29, 1.82) is 0 Å². The van der Waals surface area contributed by atoms with Crippen LogP contribution in [0.15, 0.2) is 51.4 Å². The number of ether oxygens (including phenoxy) is 3. The van der Waals surface area contributed by atoms with Crippen molar-refractivity contribution in [2.75, 3.05) is 13.7 Å². The summed E-state index contributed by atoms with van der Waals surface area (Å²) in [5, 5.41) is 31.4. The van der Waals surface area contributed by atoms with E-state index in [1.165, 1.54) is 17.8 Å². The molecule has 2 aromatic carbocycles. The molecule has 12 nitrogen and oxygen atoms in total. The number of aromatic nitrogens is 1. The molecule has 0 aliphatic carbocycles. The fourth-order valence-electron chi connectivity index (χ4n) is 4.30. The number of esters is 1. The van der Waals surface area contributed by atoms with Gasteiger partial charge in [-0.1, -0.05) is 17.4 Å². The molecule has 2 N–H and O–H groups in total. The lowest BCUT2D eigenvalue weighted by atomic mass is 9.95.